The molecule has 0 fully saturated rings. The molecular weight excluding hydrogens is 286 g/mol. The van der Waals surface area contributed by atoms with Crippen molar-refractivity contribution < 1.29 is 9.84 Å². The van der Waals surface area contributed by atoms with Gasteiger partial charge in [0.15, 0.2) is 11.5 Å². The maximum Gasteiger partial charge on any atom is 0.161 e. The molecule has 0 aliphatic heterocycles. The summed E-state index contributed by atoms with van der Waals surface area (Å²) >= 11 is 6.10. The van der Waals surface area contributed by atoms with Crippen molar-refractivity contribution in [3.63, 3.8) is 0 Å². The van der Waals surface area contributed by atoms with E-state index in [-0.39, 0.29) is 5.75 Å². The molecule has 3 nitrogen and oxygen atoms in total. The number of aryl methyl sites for hydroxylation is 1. The maximum absolute atomic E-state index is 9.75. The third kappa shape index (κ3) is 2.69. The van der Waals surface area contributed by atoms with E-state index in [1.807, 2.05) is 24.3 Å². The van der Waals surface area contributed by atoms with Crippen molar-refractivity contribution in [3.05, 3.63) is 59.2 Å². The maximum atomic E-state index is 9.75. The van der Waals surface area contributed by atoms with Crippen LogP contribution < -0.4 is 4.74 Å². The van der Waals surface area contributed by atoms with Gasteiger partial charge in [-0.05, 0) is 37.3 Å². The summed E-state index contributed by atoms with van der Waals surface area (Å²) in [4.78, 5) is 0. The smallest absolute Gasteiger partial charge is 0.161 e. The van der Waals surface area contributed by atoms with E-state index in [4.69, 9.17) is 16.3 Å². The standard InChI is InChI=1S/C17H16ClNO2/c1-2-19-10-12(14-9-13(18)7-8-15(14)19)11-21-17-6-4-3-5-16(17)20/h3-10,20H,2,11H2,1H3. The van der Waals surface area contributed by atoms with Crippen LogP contribution in [-0.2, 0) is 13.2 Å². The van der Waals surface area contributed by atoms with Crippen molar-refractivity contribution in [3.8, 4) is 11.5 Å². The zero-order valence-corrected chi connectivity index (χ0v) is 12.5. The Bertz CT molecular complexity index is 780. The zero-order valence-electron chi connectivity index (χ0n) is 11.7. The zero-order chi connectivity index (χ0) is 14.8. The molecule has 0 spiro atoms. The van der Waals surface area contributed by atoms with Gasteiger partial charge in [-0.25, -0.2) is 0 Å². The summed E-state index contributed by atoms with van der Waals surface area (Å²) in [7, 11) is 0. The number of benzene rings is 2. The number of nitrogens with zero attached hydrogens (tertiary/aromatic N) is 1. The van der Waals surface area contributed by atoms with Crippen molar-refractivity contribution in [2.75, 3.05) is 0 Å². The second-order valence-corrected chi connectivity index (χ2v) is 5.29. The Labute approximate surface area is 128 Å². The van der Waals surface area contributed by atoms with Gasteiger partial charge in [-0.2, -0.15) is 0 Å². The first kappa shape index (κ1) is 13.8. The molecule has 0 aliphatic rings. The largest absolute Gasteiger partial charge is 0.504 e. The van der Waals surface area contributed by atoms with E-state index >= 15 is 0 Å². The normalized spacial score (nSPS) is 11.0. The number of hydrogen-bond donors (Lipinski definition) is 1. The lowest BCUT2D eigenvalue weighted by Crippen LogP contribution is -1.95. The van der Waals surface area contributed by atoms with Crippen LogP contribution in [0.15, 0.2) is 48.7 Å². The highest BCUT2D eigenvalue weighted by atomic mass is 35.5. The third-order valence-corrected chi connectivity index (χ3v) is 3.75. The second-order valence-electron chi connectivity index (χ2n) is 4.86. The first-order valence-corrected chi connectivity index (χ1v) is 7.25. The first-order valence-electron chi connectivity index (χ1n) is 6.87. The van der Waals surface area contributed by atoms with Crippen LogP contribution in [0.2, 0.25) is 5.02 Å². The summed E-state index contributed by atoms with van der Waals surface area (Å²) in [5.41, 5.74) is 2.19. The number of halogens is 1. The van der Waals surface area contributed by atoms with Crippen LogP contribution in [0.4, 0.5) is 0 Å². The quantitative estimate of drug-likeness (QED) is 0.764. The predicted octanol–water partition coefficient (Wildman–Crippen LogP) is 4.60. The molecule has 108 valence electrons. The highest BCUT2D eigenvalue weighted by molar-refractivity contribution is 6.31. The molecule has 0 saturated carbocycles. The van der Waals surface area contributed by atoms with E-state index in [1.54, 1.807) is 18.2 Å². The van der Waals surface area contributed by atoms with Crippen molar-refractivity contribution in [1.82, 2.24) is 4.57 Å². The second kappa shape index (κ2) is 5.70. The number of hydrogen-bond acceptors (Lipinski definition) is 2. The monoisotopic (exact) mass is 301 g/mol. The molecule has 1 heterocycles. The molecule has 0 unspecified atom stereocenters. The Balaban J connectivity index is 1.93. The van der Waals surface area contributed by atoms with E-state index in [9.17, 15) is 5.11 Å². The van der Waals surface area contributed by atoms with Crippen molar-refractivity contribution in [1.29, 1.82) is 0 Å². The minimum absolute atomic E-state index is 0.148. The van der Waals surface area contributed by atoms with E-state index < -0.39 is 0 Å². The molecule has 21 heavy (non-hydrogen) atoms. The molecule has 1 aromatic heterocycles. The van der Waals surface area contributed by atoms with Gasteiger partial charge in [0.2, 0.25) is 0 Å². The van der Waals surface area contributed by atoms with Crippen molar-refractivity contribution in [2.45, 2.75) is 20.1 Å². The molecule has 3 rings (SSSR count). The van der Waals surface area contributed by atoms with Gasteiger partial charge in [0.25, 0.3) is 0 Å². The lowest BCUT2D eigenvalue weighted by atomic mass is 10.2. The fourth-order valence-corrected chi connectivity index (χ4v) is 2.63. The molecule has 0 bridgehead atoms. The van der Waals surface area contributed by atoms with Crippen LogP contribution in [0, 0.1) is 0 Å². The van der Waals surface area contributed by atoms with Gasteiger partial charge < -0.3 is 14.4 Å². The summed E-state index contributed by atoms with van der Waals surface area (Å²) in [5.74, 6) is 0.631. The van der Waals surface area contributed by atoms with Crippen LogP contribution in [0.5, 0.6) is 11.5 Å². The third-order valence-electron chi connectivity index (χ3n) is 3.51. The fraction of sp³-hybridized carbons (Fsp3) is 0.176. The van der Waals surface area contributed by atoms with Gasteiger partial charge in [0, 0.05) is 34.2 Å². The van der Waals surface area contributed by atoms with E-state index in [2.05, 4.69) is 17.7 Å². The SMILES string of the molecule is CCn1cc(COc2ccccc2O)c2cc(Cl)ccc21. The minimum atomic E-state index is 0.148. The Kier molecular flexibility index (Phi) is 3.76. The number of fused-ring (bicyclic) bond motifs is 1. The Morgan fingerprint density at radius 3 is 2.76 bits per heavy atom. The average Bonchev–Trinajstić information content (AvgIpc) is 2.83. The Hall–Kier alpha value is -2.13. The van der Waals surface area contributed by atoms with Gasteiger partial charge in [-0.15, -0.1) is 0 Å². The average molecular weight is 302 g/mol. The van der Waals surface area contributed by atoms with Crippen LogP contribution in [0.3, 0.4) is 0 Å². The molecular formula is C17H16ClNO2. The molecule has 0 atom stereocenters. The van der Waals surface area contributed by atoms with Gasteiger partial charge in [0.05, 0.1) is 0 Å². The molecule has 0 radical (unpaired) electrons. The topological polar surface area (TPSA) is 34.4 Å². The van der Waals surface area contributed by atoms with Crippen LogP contribution in [0.1, 0.15) is 12.5 Å². The fourth-order valence-electron chi connectivity index (χ4n) is 2.45. The van der Waals surface area contributed by atoms with E-state index in [0.29, 0.717) is 17.4 Å². The number of aromatic hydroxyl groups is 1. The molecule has 4 heteroatoms. The molecule has 0 amide bonds. The minimum Gasteiger partial charge on any atom is -0.504 e. The van der Waals surface area contributed by atoms with Crippen LogP contribution in [0.25, 0.3) is 10.9 Å². The molecule has 2 aromatic carbocycles. The van der Waals surface area contributed by atoms with E-state index in [0.717, 1.165) is 23.0 Å². The van der Waals surface area contributed by atoms with Gasteiger partial charge >= 0.3 is 0 Å². The lowest BCUT2D eigenvalue weighted by Gasteiger charge is -2.07. The molecule has 0 aliphatic carbocycles. The number of ether oxygens (including phenoxy) is 1. The first-order chi connectivity index (χ1) is 10.2. The Morgan fingerprint density at radius 2 is 2.00 bits per heavy atom. The van der Waals surface area contributed by atoms with Crippen LogP contribution >= 0.6 is 11.6 Å². The van der Waals surface area contributed by atoms with Gasteiger partial charge in [-0.1, -0.05) is 23.7 Å². The van der Waals surface area contributed by atoms with Crippen molar-refractivity contribution in [2.24, 2.45) is 0 Å². The van der Waals surface area contributed by atoms with Crippen LogP contribution in [-0.4, -0.2) is 9.67 Å². The molecule has 0 saturated heterocycles. The van der Waals surface area contributed by atoms with Crippen molar-refractivity contribution >= 4 is 22.5 Å². The predicted molar refractivity (Wildman–Crippen MR) is 85.1 cm³/mol. The number of rotatable bonds is 4. The summed E-state index contributed by atoms with van der Waals surface area (Å²) in [5, 5.41) is 11.5. The summed E-state index contributed by atoms with van der Waals surface area (Å²) in [6, 6.07) is 12.8. The summed E-state index contributed by atoms with van der Waals surface area (Å²) in [6.45, 7) is 3.37. The Morgan fingerprint density at radius 1 is 1.19 bits per heavy atom. The summed E-state index contributed by atoms with van der Waals surface area (Å²) in [6.07, 6.45) is 2.07. The van der Waals surface area contributed by atoms with Gasteiger partial charge in [0.1, 0.15) is 6.61 Å². The number of phenols is 1. The molecule has 3 aromatic rings. The highest BCUT2D eigenvalue weighted by Crippen LogP contribution is 2.29. The lowest BCUT2D eigenvalue weighted by molar-refractivity contribution is 0.290. The number of aromatic nitrogens is 1. The summed E-state index contributed by atoms with van der Waals surface area (Å²) < 4.78 is 7.88. The highest BCUT2D eigenvalue weighted by Gasteiger charge is 2.10. The molecule has 1 N–H and O–H groups in total. The number of phenolic OH excluding ortho intramolecular Hbond substituents is 1. The van der Waals surface area contributed by atoms with Gasteiger partial charge in [-0.3, -0.25) is 0 Å². The van der Waals surface area contributed by atoms with E-state index in [1.165, 1.54) is 0 Å². The number of para-hydroxylation sites is 2.